The molecular formula is C15H20N2O2. The minimum absolute atomic E-state index is 0.0645. The smallest absolute Gasteiger partial charge is 0.239 e. The lowest BCUT2D eigenvalue weighted by atomic mass is 10.1. The second-order valence-electron chi connectivity index (χ2n) is 5.21. The summed E-state index contributed by atoms with van der Waals surface area (Å²) < 4.78 is 0. The van der Waals surface area contributed by atoms with Gasteiger partial charge in [-0.15, -0.1) is 0 Å². The van der Waals surface area contributed by atoms with Gasteiger partial charge in [0.1, 0.15) is 0 Å². The molecule has 1 aromatic rings. The lowest BCUT2D eigenvalue weighted by Gasteiger charge is -2.20. The maximum Gasteiger partial charge on any atom is 0.239 e. The van der Waals surface area contributed by atoms with E-state index in [1.54, 1.807) is 4.90 Å². The van der Waals surface area contributed by atoms with Crippen LogP contribution in [-0.4, -0.2) is 29.3 Å². The molecule has 1 aliphatic carbocycles. The largest absolute Gasteiger partial charge is 0.352 e. The number of hydrogen-bond donors (Lipinski definition) is 1. The Kier molecular flexibility index (Phi) is 4.20. The van der Waals surface area contributed by atoms with Crippen molar-refractivity contribution in [1.82, 2.24) is 10.2 Å². The lowest BCUT2D eigenvalue weighted by Crippen LogP contribution is -2.40. The highest BCUT2D eigenvalue weighted by atomic mass is 16.2. The molecular weight excluding hydrogens is 240 g/mol. The Bertz CT molecular complexity index is 481. The lowest BCUT2D eigenvalue weighted by molar-refractivity contribution is -0.135. The van der Waals surface area contributed by atoms with Gasteiger partial charge >= 0.3 is 0 Å². The predicted molar refractivity (Wildman–Crippen MR) is 73.4 cm³/mol. The van der Waals surface area contributed by atoms with Gasteiger partial charge in [-0.05, 0) is 25.3 Å². The van der Waals surface area contributed by atoms with Crippen molar-refractivity contribution in [3.63, 3.8) is 0 Å². The predicted octanol–water partition coefficient (Wildman–Crippen LogP) is 1.62. The van der Waals surface area contributed by atoms with Crippen molar-refractivity contribution < 1.29 is 9.59 Å². The Morgan fingerprint density at radius 3 is 2.68 bits per heavy atom. The maximum absolute atomic E-state index is 11.8. The number of nitrogens with zero attached hydrogens (tertiary/aromatic N) is 1. The van der Waals surface area contributed by atoms with Gasteiger partial charge in [0.15, 0.2) is 0 Å². The first-order valence-corrected chi connectivity index (χ1v) is 6.65. The zero-order chi connectivity index (χ0) is 13.8. The molecule has 0 bridgehead atoms. The quantitative estimate of drug-likeness (QED) is 0.874. The average molecular weight is 260 g/mol. The Hall–Kier alpha value is -1.84. The van der Waals surface area contributed by atoms with E-state index in [-0.39, 0.29) is 18.4 Å². The highest BCUT2D eigenvalue weighted by molar-refractivity contribution is 5.84. The standard InChI is InChI=1S/C15H20N2O2/c1-11-4-3-5-13(8-11)9-17(12(2)18)10-15(19)16-14-6-7-14/h3-5,8,14H,6-7,9-10H2,1-2H3,(H,16,19). The van der Waals surface area contributed by atoms with Gasteiger partial charge in [-0.3, -0.25) is 9.59 Å². The maximum atomic E-state index is 11.8. The molecule has 0 aromatic heterocycles. The van der Waals surface area contributed by atoms with E-state index in [2.05, 4.69) is 5.32 Å². The van der Waals surface area contributed by atoms with Crippen LogP contribution in [0.3, 0.4) is 0 Å². The minimum atomic E-state index is -0.0764. The van der Waals surface area contributed by atoms with Crippen molar-refractivity contribution in [2.24, 2.45) is 0 Å². The molecule has 1 aliphatic rings. The molecule has 1 aromatic carbocycles. The molecule has 1 fully saturated rings. The van der Waals surface area contributed by atoms with Crippen LogP contribution in [0.2, 0.25) is 0 Å². The number of benzene rings is 1. The van der Waals surface area contributed by atoms with Crippen molar-refractivity contribution in [3.05, 3.63) is 35.4 Å². The Morgan fingerprint density at radius 2 is 2.11 bits per heavy atom. The second kappa shape index (κ2) is 5.87. The van der Waals surface area contributed by atoms with E-state index in [1.165, 1.54) is 6.92 Å². The zero-order valence-corrected chi connectivity index (χ0v) is 11.5. The third kappa shape index (κ3) is 4.39. The van der Waals surface area contributed by atoms with Gasteiger partial charge in [-0.2, -0.15) is 0 Å². The molecule has 4 heteroatoms. The molecule has 19 heavy (non-hydrogen) atoms. The molecule has 1 N–H and O–H groups in total. The number of hydrogen-bond acceptors (Lipinski definition) is 2. The first kappa shape index (κ1) is 13.6. The minimum Gasteiger partial charge on any atom is -0.352 e. The van der Waals surface area contributed by atoms with Crippen LogP contribution in [0.4, 0.5) is 0 Å². The number of amides is 2. The fourth-order valence-electron chi connectivity index (χ4n) is 1.98. The highest BCUT2D eigenvalue weighted by Gasteiger charge is 2.24. The van der Waals surface area contributed by atoms with Crippen LogP contribution in [0.5, 0.6) is 0 Å². The van der Waals surface area contributed by atoms with Gasteiger partial charge in [0.05, 0.1) is 6.54 Å². The summed E-state index contributed by atoms with van der Waals surface area (Å²) >= 11 is 0. The Morgan fingerprint density at radius 1 is 1.37 bits per heavy atom. The van der Waals surface area contributed by atoms with Crippen LogP contribution in [0, 0.1) is 6.92 Å². The SMILES string of the molecule is CC(=O)N(CC(=O)NC1CC1)Cc1cccc(C)c1. The van der Waals surface area contributed by atoms with Crippen LogP contribution < -0.4 is 5.32 Å². The fraction of sp³-hybridized carbons (Fsp3) is 0.467. The summed E-state index contributed by atoms with van der Waals surface area (Å²) in [4.78, 5) is 25.0. The first-order chi connectivity index (χ1) is 9.04. The molecule has 4 nitrogen and oxygen atoms in total. The Labute approximate surface area is 113 Å². The van der Waals surface area contributed by atoms with Crippen molar-refractivity contribution in [2.75, 3.05) is 6.54 Å². The molecule has 0 spiro atoms. The van der Waals surface area contributed by atoms with E-state index in [9.17, 15) is 9.59 Å². The molecule has 0 atom stereocenters. The van der Waals surface area contributed by atoms with Crippen LogP contribution in [-0.2, 0) is 16.1 Å². The summed E-state index contributed by atoms with van der Waals surface area (Å²) in [5.41, 5.74) is 2.21. The number of carbonyl (C=O) groups is 2. The number of nitrogens with one attached hydrogen (secondary N) is 1. The van der Waals surface area contributed by atoms with E-state index in [4.69, 9.17) is 0 Å². The van der Waals surface area contributed by atoms with Crippen LogP contribution >= 0.6 is 0 Å². The summed E-state index contributed by atoms with van der Waals surface area (Å²) in [6.45, 7) is 4.14. The van der Waals surface area contributed by atoms with Crippen LogP contribution in [0.1, 0.15) is 30.9 Å². The van der Waals surface area contributed by atoms with Crippen molar-refractivity contribution in [1.29, 1.82) is 0 Å². The van der Waals surface area contributed by atoms with Gasteiger partial charge in [0.2, 0.25) is 11.8 Å². The summed E-state index contributed by atoms with van der Waals surface area (Å²) in [7, 11) is 0. The molecule has 0 saturated heterocycles. The molecule has 0 heterocycles. The normalized spacial score (nSPS) is 14.0. The molecule has 0 radical (unpaired) electrons. The van der Waals surface area contributed by atoms with Gasteiger partial charge < -0.3 is 10.2 Å². The summed E-state index contributed by atoms with van der Waals surface area (Å²) in [6, 6.07) is 8.32. The zero-order valence-electron chi connectivity index (χ0n) is 11.5. The fourth-order valence-corrected chi connectivity index (χ4v) is 1.98. The topological polar surface area (TPSA) is 49.4 Å². The molecule has 2 rings (SSSR count). The van der Waals surface area contributed by atoms with Gasteiger partial charge in [0, 0.05) is 19.5 Å². The molecule has 0 unspecified atom stereocenters. The van der Waals surface area contributed by atoms with Gasteiger partial charge in [-0.1, -0.05) is 29.8 Å². The molecule has 102 valence electrons. The summed E-state index contributed by atoms with van der Waals surface area (Å²) in [6.07, 6.45) is 2.12. The van der Waals surface area contributed by atoms with Gasteiger partial charge in [-0.25, -0.2) is 0 Å². The third-order valence-electron chi connectivity index (χ3n) is 3.18. The monoisotopic (exact) mass is 260 g/mol. The summed E-state index contributed by atoms with van der Waals surface area (Å²) in [5, 5.41) is 2.90. The second-order valence-corrected chi connectivity index (χ2v) is 5.21. The van der Waals surface area contributed by atoms with Gasteiger partial charge in [0.25, 0.3) is 0 Å². The van der Waals surface area contributed by atoms with E-state index >= 15 is 0 Å². The first-order valence-electron chi connectivity index (χ1n) is 6.65. The van der Waals surface area contributed by atoms with E-state index in [0.29, 0.717) is 12.6 Å². The number of carbonyl (C=O) groups excluding carboxylic acids is 2. The third-order valence-corrected chi connectivity index (χ3v) is 3.18. The highest BCUT2D eigenvalue weighted by Crippen LogP contribution is 2.18. The molecule has 2 amide bonds. The van der Waals surface area contributed by atoms with Crippen molar-refractivity contribution >= 4 is 11.8 Å². The van der Waals surface area contributed by atoms with Crippen molar-refractivity contribution in [2.45, 2.75) is 39.3 Å². The number of aryl methyl sites for hydroxylation is 1. The van der Waals surface area contributed by atoms with E-state index in [1.807, 2.05) is 31.2 Å². The summed E-state index contributed by atoms with van der Waals surface area (Å²) in [5.74, 6) is -0.141. The average Bonchev–Trinajstić information content (AvgIpc) is 3.12. The van der Waals surface area contributed by atoms with Crippen LogP contribution in [0.15, 0.2) is 24.3 Å². The van der Waals surface area contributed by atoms with E-state index < -0.39 is 0 Å². The molecule has 1 saturated carbocycles. The number of rotatable bonds is 5. The van der Waals surface area contributed by atoms with Crippen LogP contribution in [0.25, 0.3) is 0 Å². The van der Waals surface area contributed by atoms with E-state index in [0.717, 1.165) is 24.0 Å². The van der Waals surface area contributed by atoms with Crippen molar-refractivity contribution in [3.8, 4) is 0 Å². The Balaban J connectivity index is 1.95. The molecule has 0 aliphatic heterocycles.